The summed E-state index contributed by atoms with van der Waals surface area (Å²) >= 11 is 0. The van der Waals surface area contributed by atoms with Crippen LogP contribution in [0.4, 0.5) is 0 Å². The maximum Gasteiger partial charge on any atom is 0.187 e. The molecule has 24 heteroatoms. The van der Waals surface area contributed by atoms with Gasteiger partial charge in [0.05, 0.1) is 44.6 Å². The quantitative estimate of drug-likeness (QED) is 0.0814. The van der Waals surface area contributed by atoms with Gasteiger partial charge in [0.2, 0.25) is 0 Å². The van der Waals surface area contributed by atoms with Gasteiger partial charge in [-0.3, -0.25) is 0 Å². The lowest BCUT2D eigenvalue weighted by Gasteiger charge is -2.49. The highest BCUT2D eigenvalue weighted by Crippen LogP contribution is 2.34. The molecule has 0 amide bonds. The Bertz CT molecular complexity index is 1250. The molecule has 0 bridgehead atoms. The van der Waals surface area contributed by atoms with E-state index >= 15 is 0 Å². The molecular formula is C31H53NO23. The largest absolute Gasteiger partial charge is 0.394 e. The Morgan fingerprint density at radius 3 is 1.38 bits per heavy atom. The number of ether oxygens (including phenoxy) is 7. The van der Waals surface area contributed by atoms with Gasteiger partial charge < -0.3 is 120 Å². The van der Waals surface area contributed by atoms with Gasteiger partial charge in [0, 0.05) is 0 Å². The summed E-state index contributed by atoms with van der Waals surface area (Å²) in [5, 5.41) is 169. The van der Waals surface area contributed by atoms with E-state index in [1.807, 2.05) is 0 Å². The van der Waals surface area contributed by atoms with Gasteiger partial charge in [0.15, 0.2) is 25.2 Å². The SMILES string of the molecule is CC1OC(OC2C(CO)OC(OC3C(CO)OC(OC4C(CO)OC(O)C(O)C4O)C(O)C3O)C(O)C2O)C(O)C(O)C1NC1C=C(CO)C(O)C(O)C1O. The maximum absolute atomic E-state index is 11.1. The molecule has 17 N–H and O–H groups in total. The van der Waals surface area contributed by atoms with Crippen LogP contribution in [0.3, 0.4) is 0 Å². The van der Waals surface area contributed by atoms with Crippen molar-refractivity contribution < 1.29 is 115 Å². The molecule has 4 saturated heterocycles. The van der Waals surface area contributed by atoms with Crippen LogP contribution in [0.5, 0.6) is 0 Å². The van der Waals surface area contributed by atoms with Crippen molar-refractivity contribution in [3.05, 3.63) is 11.6 Å². The fourth-order valence-electron chi connectivity index (χ4n) is 7.30. The molecule has 320 valence electrons. The van der Waals surface area contributed by atoms with Gasteiger partial charge in [-0.15, -0.1) is 0 Å². The molecule has 55 heavy (non-hydrogen) atoms. The lowest BCUT2D eigenvalue weighted by Crippen LogP contribution is -2.68. The third-order valence-electron chi connectivity index (χ3n) is 10.6. The molecule has 24 nitrogen and oxygen atoms in total. The fourth-order valence-corrected chi connectivity index (χ4v) is 7.30. The average molecular weight is 808 g/mol. The Labute approximate surface area is 312 Å². The minimum Gasteiger partial charge on any atom is -0.394 e. The van der Waals surface area contributed by atoms with E-state index in [1.54, 1.807) is 0 Å². The van der Waals surface area contributed by atoms with Crippen LogP contribution in [0.2, 0.25) is 0 Å². The summed E-state index contributed by atoms with van der Waals surface area (Å²) in [5.41, 5.74) is -0.00324. The molecule has 0 aromatic rings. The second-order valence-corrected chi connectivity index (χ2v) is 14.2. The van der Waals surface area contributed by atoms with Crippen LogP contribution in [0.15, 0.2) is 11.6 Å². The van der Waals surface area contributed by atoms with Crippen molar-refractivity contribution in [2.24, 2.45) is 0 Å². The fraction of sp³-hybridized carbons (Fsp3) is 0.935. The van der Waals surface area contributed by atoms with Crippen LogP contribution >= 0.6 is 0 Å². The van der Waals surface area contributed by atoms with Crippen molar-refractivity contribution in [1.29, 1.82) is 0 Å². The van der Waals surface area contributed by atoms with E-state index in [9.17, 15) is 81.7 Å². The average Bonchev–Trinajstić information content (AvgIpc) is 3.17. The monoisotopic (exact) mass is 807 g/mol. The van der Waals surface area contributed by atoms with E-state index in [4.69, 9.17) is 33.2 Å². The Morgan fingerprint density at radius 1 is 0.509 bits per heavy atom. The second kappa shape index (κ2) is 18.8. The Morgan fingerprint density at radius 2 is 0.927 bits per heavy atom. The number of aliphatic hydroxyl groups is 16. The summed E-state index contributed by atoms with van der Waals surface area (Å²) in [6.45, 7) is -1.84. The minimum atomic E-state index is -2.04. The zero-order chi connectivity index (χ0) is 40.6. The Kier molecular flexibility index (Phi) is 15.3. The number of aliphatic hydroxyl groups excluding tert-OH is 16. The number of nitrogens with one attached hydrogen (secondary N) is 1. The van der Waals surface area contributed by atoms with Gasteiger partial charge in [0.1, 0.15) is 104 Å². The summed E-state index contributed by atoms with van der Waals surface area (Å²) in [6.07, 6.45) is -36.9. The number of hydrogen-bond acceptors (Lipinski definition) is 24. The van der Waals surface area contributed by atoms with Crippen LogP contribution in [-0.2, 0) is 33.2 Å². The predicted octanol–water partition coefficient (Wildman–Crippen LogP) is -10.7. The summed E-state index contributed by atoms with van der Waals surface area (Å²) in [4.78, 5) is 0. The maximum atomic E-state index is 11.1. The van der Waals surface area contributed by atoms with Crippen LogP contribution < -0.4 is 5.32 Å². The highest BCUT2D eigenvalue weighted by molar-refractivity contribution is 5.22. The lowest BCUT2D eigenvalue weighted by atomic mass is 9.86. The van der Waals surface area contributed by atoms with E-state index in [2.05, 4.69) is 5.32 Å². The van der Waals surface area contributed by atoms with Crippen molar-refractivity contribution in [1.82, 2.24) is 5.32 Å². The molecular weight excluding hydrogens is 754 g/mol. The topological polar surface area (TPSA) is 400 Å². The van der Waals surface area contributed by atoms with Crippen LogP contribution in [0.25, 0.3) is 0 Å². The summed E-state index contributed by atoms with van der Waals surface area (Å²) in [7, 11) is 0. The van der Waals surface area contributed by atoms with Gasteiger partial charge in [-0.05, 0) is 12.5 Å². The highest BCUT2D eigenvalue weighted by Gasteiger charge is 2.55. The first-order valence-corrected chi connectivity index (χ1v) is 17.6. The Hall–Kier alpha value is -1.22. The van der Waals surface area contributed by atoms with Crippen LogP contribution in [0.1, 0.15) is 6.92 Å². The molecule has 5 rings (SSSR count). The molecule has 5 aliphatic rings. The molecule has 4 fully saturated rings. The van der Waals surface area contributed by atoms with Crippen LogP contribution in [-0.4, -0.2) is 255 Å². The summed E-state index contributed by atoms with van der Waals surface area (Å²) < 4.78 is 38.7. The standard InChI is InChI=1S/C31H53NO23/c1-7-13(32-9-2-8(3-33)14(37)17(40)15(9)38)16(39)22(45)29(49-7)53-26-11(5-35)51-31(23(46)19(26)42)55-27-12(6-36)52-30(24(47)20(27)43)54-25-10(4-34)50-28(48)21(44)18(25)41/h2,7,9-48H,3-6H2,1H3. The molecule has 24 unspecified atom stereocenters. The molecule has 1 aliphatic carbocycles. The zero-order valence-electron chi connectivity index (χ0n) is 29.3. The third kappa shape index (κ3) is 9.03. The van der Waals surface area contributed by atoms with Crippen molar-refractivity contribution >= 4 is 0 Å². The van der Waals surface area contributed by atoms with Gasteiger partial charge in [-0.25, -0.2) is 0 Å². The Balaban J connectivity index is 1.22. The van der Waals surface area contributed by atoms with Crippen molar-refractivity contribution in [2.75, 3.05) is 26.4 Å². The van der Waals surface area contributed by atoms with Gasteiger partial charge in [-0.2, -0.15) is 0 Å². The molecule has 0 saturated carbocycles. The molecule has 4 heterocycles. The first-order valence-electron chi connectivity index (χ1n) is 17.6. The smallest absolute Gasteiger partial charge is 0.187 e. The normalized spacial score (nSPS) is 52.5. The van der Waals surface area contributed by atoms with Gasteiger partial charge in [-0.1, -0.05) is 6.08 Å². The second-order valence-electron chi connectivity index (χ2n) is 14.2. The lowest BCUT2D eigenvalue weighted by molar-refractivity contribution is -0.385. The van der Waals surface area contributed by atoms with E-state index in [-0.39, 0.29) is 5.57 Å². The summed E-state index contributed by atoms with van der Waals surface area (Å²) in [5.74, 6) is 0. The summed E-state index contributed by atoms with van der Waals surface area (Å²) in [6, 6.07) is -2.26. The first-order chi connectivity index (χ1) is 26.0. The van der Waals surface area contributed by atoms with E-state index < -0.39 is 174 Å². The van der Waals surface area contributed by atoms with Crippen molar-refractivity contribution in [2.45, 2.75) is 154 Å². The van der Waals surface area contributed by atoms with Gasteiger partial charge in [0.25, 0.3) is 0 Å². The number of hydrogen-bond donors (Lipinski definition) is 17. The molecule has 0 radical (unpaired) electrons. The molecule has 0 aromatic carbocycles. The van der Waals surface area contributed by atoms with Crippen molar-refractivity contribution in [3.63, 3.8) is 0 Å². The first kappa shape index (κ1) is 44.9. The zero-order valence-corrected chi connectivity index (χ0v) is 29.3. The van der Waals surface area contributed by atoms with Crippen molar-refractivity contribution in [3.8, 4) is 0 Å². The minimum absolute atomic E-state index is 0.00324. The van der Waals surface area contributed by atoms with E-state index in [0.717, 1.165) is 0 Å². The molecule has 0 spiro atoms. The third-order valence-corrected chi connectivity index (χ3v) is 10.6. The molecule has 24 atom stereocenters. The molecule has 4 aliphatic heterocycles. The van der Waals surface area contributed by atoms with Gasteiger partial charge >= 0.3 is 0 Å². The molecule has 0 aromatic heterocycles. The predicted molar refractivity (Wildman–Crippen MR) is 170 cm³/mol. The highest BCUT2D eigenvalue weighted by atomic mass is 16.8. The van der Waals surface area contributed by atoms with E-state index in [0.29, 0.717) is 0 Å². The van der Waals surface area contributed by atoms with E-state index in [1.165, 1.54) is 13.0 Å². The van der Waals surface area contributed by atoms with Crippen LogP contribution in [0, 0.1) is 0 Å². The number of rotatable bonds is 12.